The van der Waals surface area contributed by atoms with E-state index in [1.54, 1.807) is 0 Å². The normalized spacial score (nSPS) is 10.4. The molecule has 0 heterocycles. The molecule has 0 aliphatic carbocycles. The van der Waals surface area contributed by atoms with Crippen molar-refractivity contribution in [3.05, 3.63) is 23.3 Å². The van der Waals surface area contributed by atoms with Crippen molar-refractivity contribution in [1.29, 1.82) is 0 Å². The fraction of sp³-hybridized carbons (Fsp3) is 0.300. The topological polar surface area (TPSA) is 57.5 Å². The van der Waals surface area contributed by atoms with Gasteiger partial charge in [-0.1, -0.05) is 13.8 Å². The highest BCUT2D eigenvalue weighted by molar-refractivity contribution is 5.77. The van der Waals surface area contributed by atoms with E-state index >= 15 is 0 Å². The molecule has 70 valence electrons. The Morgan fingerprint density at radius 3 is 2.00 bits per heavy atom. The summed E-state index contributed by atoms with van der Waals surface area (Å²) >= 11 is 0. The van der Waals surface area contributed by atoms with Gasteiger partial charge in [0.05, 0.1) is 0 Å². The van der Waals surface area contributed by atoms with Gasteiger partial charge in [-0.05, 0) is 18.1 Å². The van der Waals surface area contributed by atoms with Gasteiger partial charge in [0.15, 0.2) is 0 Å². The van der Waals surface area contributed by atoms with Crippen LogP contribution in [0.15, 0.2) is 12.1 Å². The summed E-state index contributed by atoms with van der Waals surface area (Å²) in [5.41, 5.74) is 0.755. The maximum Gasteiger partial charge on any atom is 0.150 e. The van der Waals surface area contributed by atoms with Crippen LogP contribution in [0.2, 0.25) is 0 Å². The second-order valence-electron chi connectivity index (χ2n) is 3.25. The summed E-state index contributed by atoms with van der Waals surface area (Å²) < 4.78 is 0. The van der Waals surface area contributed by atoms with Gasteiger partial charge in [0.2, 0.25) is 0 Å². The molecule has 1 aromatic rings. The minimum Gasteiger partial charge on any atom is -0.507 e. The summed E-state index contributed by atoms with van der Waals surface area (Å²) in [6.07, 6.45) is 0.587. The standard InChI is InChI=1S/C10H12O3/c1-6(2)10-8(12)3-7(5-11)4-9(10)13/h3-6,12-13H,1-2H3. The van der Waals surface area contributed by atoms with Crippen LogP contribution in [0.3, 0.4) is 0 Å². The minimum atomic E-state index is -0.0305. The monoisotopic (exact) mass is 180 g/mol. The van der Waals surface area contributed by atoms with Crippen molar-refractivity contribution in [2.45, 2.75) is 19.8 Å². The molecule has 0 radical (unpaired) electrons. The Hall–Kier alpha value is -1.51. The Morgan fingerprint density at radius 1 is 1.23 bits per heavy atom. The van der Waals surface area contributed by atoms with Crippen LogP contribution in [0.4, 0.5) is 0 Å². The van der Waals surface area contributed by atoms with E-state index in [-0.39, 0.29) is 23.0 Å². The molecule has 0 aliphatic rings. The molecule has 2 N–H and O–H groups in total. The number of carbonyl (C=O) groups excluding carboxylic acids is 1. The summed E-state index contributed by atoms with van der Waals surface area (Å²) in [5, 5.41) is 18.9. The molecule has 0 spiro atoms. The molecule has 1 aromatic carbocycles. The van der Waals surface area contributed by atoms with Crippen molar-refractivity contribution in [2.75, 3.05) is 0 Å². The van der Waals surface area contributed by atoms with Crippen LogP contribution in [-0.4, -0.2) is 16.5 Å². The van der Waals surface area contributed by atoms with Crippen molar-refractivity contribution >= 4 is 6.29 Å². The van der Waals surface area contributed by atoms with Crippen LogP contribution in [0.5, 0.6) is 11.5 Å². The number of carbonyl (C=O) groups is 1. The van der Waals surface area contributed by atoms with Gasteiger partial charge in [0, 0.05) is 11.1 Å². The number of benzene rings is 1. The van der Waals surface area contributed by atoms with E-state index in [9.17, 15) is 15.0 Å². The third-order valence-corrected chi connectivity index (χ3v) is 1.87. The fourth-order valence-electron chi connectivity index (χ4n) is 1.30. The molecule has 0 saturated heterocycles. The van der Waals surface area contributed by atoms with Gasteiger partial charge in [0.25, 0.3) is 0 Å². The molecule has 3 heteroatoms. The van der Waals surface area contributed by atoms with Crippen molar-refractivity contribution in [3.8, 4) is 11.5 Å². The summed E-state index contributed by atoms with van der Waals surface area (Å²) in [6, 6.07) is 2.70. The van der Waals surface area contributed by atoms with Crippen LogP contribution in [0, 0.1) is 0 Å². The van der Waals surface area contributed by atoms with Crippen molar-refractivity contribution in [3.63, 3.8) is 0 Å². The molecular formula is C10H12O3. The number of hydrogen-bond donors (Lipinski definition) is 2. The molecule has 0 fully saturated rings. The largest absolute Gasteiger partial charge is 0.507 e. The lowest BCUT2D eigenvalue weighted by molar-refractivity contribution is 0.112. The third-order valence-electron chi connectivity index (χ3n) is 1.87. The predicted molar refractivity (Wildman–Crippen MR) is 49.2 cm³/mol. The Labute approximate surface area is 76.6 Å². The molecule has 0 amide bonds. The summed E-state index contributed by atoms with van der Waals surface area (Å²) in [6.45, 7) is 3.71. The molecule has 0 atom stereocenters. The molecule has 0 bridgehead atoms. The molecule has 13 heavy (non-hydrogen) atoms. The van der Waals surface area contributed by atoms with Gasteiger partial charge in [-0.2, -0.15) is 0 Å². The highest BCUT2D eigenvalue weighted by Crippen LogP contribution is 2.34. The van der Waals surface area contributed by atoms with E-state index < -0.39 is 0 Å². The van der Waals surface area contributed by atoms with Crippen LogP contribution in [-0.2, 0) is 0 Å². The van der Waals surface area contributed by atoms with Gasteiger partial charge in [-0.15, -0.1) is 0 Å². The maximum absolute atomic E-state index is 10.4. The van der Waals surface area contributed by atoms with Crippen molar-refractivity contribution in [1.82, 2.24) is 0 Å². The maximum atomic E-state index is 10.4. The molecule has 0 aliphatic heterocycles. The smallest absolute Gasteiger partial charge is 0.150 e. The third kappa shape index (κ3) is 1.80. The first-order valence-electron chi connectivity index (χ1n) is 4.07. The number of aldehydes is 1. The zero-order chi connectivity index (χ0) is 10.0. The zero-order valence-corrected chi connectivity index (χ0v) is 7.61. The first kappa shape index (κ1) is 9.58. The molecular weight excluding hydrogens is 168 g/mol. The fourth-order valence-corrected chi connectivity index (χ4v) is 1.30. The van der Waals surface area contributed by atoms with E-state index in [1.165, 1.54) is 12.1 Å². The first-order chi connectivity index (χ1) is 6.06. The lowest BCUT2D eigenvalue weighted by Gasteiger charge is -2.10. The van der Waals surface area contributed by atoms with Crippen molar-refractivity contribution < 1.29 is 15.0 Å². The number of rotatable bonds is 2. The van der Waals surface area contributed by atoms with Gasteiger partial charge in [-0.3, -0.25) is 4.79 Å². The number of phenols is 2. The van der Waals surface area contributed by atoms with Gasteiger partial charge < -0.3 is 10.2 Å². The molecule has 1 rings (SSSR count). The zero-order valence-electron chi connectivity index (χ0n) is 7.61. The van der Waals surface area contributed by atoms with Gasteiger partial charge >= 0.3 is 0 Å². The highest BCUT2D eigenvalue weighted by Gasteiger charge is 2.12. The van der Waals surface area contributed by atoms with Gasteiger partial charge in [0.1, 0.15) is 17.8 Å². The number of aromatic hydroxyl groups is 2. The second-order valence-corrected chi connectivity index (χ2v) is 3.25. The van der Waals surface area contributed by atoms with E-state index in [1.807, 2.05) is 13.8 Å². The van der Waals surface area contributed by atoms with Crippen LogP contribution in [0.1, 0.15) is 35.7 Å². The van der Waals surface area contributed by atoms with E-state index in [4.69, 9.17) is 0 Å². The van der Waals surface area contributed by atoms with E-state index in [2.05, 4.69) is 0 Å². The van der Waals surface area contributed by atoms with E-state index in [0.29, 0.717) is 11.8 Å². The van der Waals surface area contributed by atoms with E-state index in [0.717, 1.165) is 0 Å². The first-order valence-corrected chi connectivity index (χ1v) is 4.07. The van der Waals surface area contributed by atoms with Crippen molar-refractivity contribution in [2.24, 2.45) is 0 Å². The highest BCUT2D eigenvalue weighted by atomic mass is 16.3. The lowest BCUT2D eigenvalue weighted by atomic mass is 9.99. The van der Waals surface area contributed by atoms with Gasteiger partial charge in [-0.25, -0.2) is 0 Å². The summed E-state index contributed by atoms with van der Waals surface area (Å²) in [5.74, 6) is -0.0325. The SMILES string of the molecule is CC(C)c1c(O)cc(C=O)cc1O. The van der Waals surface area contributed by atoms with Crippen LogP contribution < -0.4 is 0 Å². The second kappa shape index (κ2) is 3.47. The average Bonchev–Trinajstić information content (AvgIpc) is 2.02. The number of hydrogen-bond acceptors (Lipinski definition) is 3. The number of phenolic OH excluding ortho intramolecular Hbond substituents is 2. The summed E-state index contributed by atoms with van der Waals surface area (Å²) in [4.78, 5) is 10.4. The predicted octanol–water partition coefficient (Wildman–Crippen LogP) is 2.03. The quantitative estimate of drug-likeness (QED) is 0.684. The molecule has 0 saturated carbocycles. The minimum absolute atomic E-state index is 0.0284. The molecule has 3 nitrogen and oxygen atoms in total. The Morgan fingerprint density at radius 2 is 1.69 bits per heavy atom. The summed E-state index contributed by atoms with van der Waals surface area (Å²) in [7, 11) is 0. The Kier molecular flexibility index (Phi) is 2.56. The average molecular weight is 180 g/mol. The molecule has 0 aromatic heterocycles. The molecule has 0 unspecified atom stereocenters. The Balaban J connectivity index is 3.31. The lowest BCUT2D eigenvalue weighted by Crippen LogP contribution is -1.91. The van der Waals surface area contributed by atoms with Crippen LogP contribution in [0.25, 0.3) is 0 Å². The van der Waals surface area contributed by atoms with Crippen LogP contribution >= 0.6 is 0 Å². The Bertz CT molecular complexity index is 306.